The van der Waals surface area contributed by atoms with Crippen LogP contribution in [-0.4, -0.2) is 67.9 Å². The van der Waals surface area contributed by atoms with E-state index in [0.717, 1.165) is 29.0 Å². The van der Waals surface area contributed by atoms with Crippen molar-refractivity contribution in [3.05, 3.63) is 154 Å². The van der Waals surface area contributed by atoms with E-state index in [1.54, 1.807) is 42.5 Å². The molecule has 5 aromatic rings. The van der Waals surface area contributed by atoms with Crippen LogP contribution in [0.1, 0.15) is 69.6 Å². The third-order valence-corrected chi connectivity index (χ3v) is 10.5. The Hall–Kier alpha value is -5.78. The van der Waals surface area contributed by atoms with Gasteiger partial charge in [-0.1, -0.05) is 89.9 Å². The quantitative estimate of drug-likeness (QED) is 0.159. The van der Waals surface area contributed by atoms with E-state index in [1.165, 1.54) is 29.2 Å². The van der Waals surface area contributed by atoms with Crippen LogP contribution in [0.4, 0.5) is 4.39 Å². The summed E-state index contributed by atoms with van der Waals surface area (Å²) in [6, 6.07) is 28.2. The molecule has 2 fully saturated rings. The lowest BCUT2D eigenvalue weighted by Gasteiger charge is -2.29. The first-order valence-electron chi connectivity index (χ1n) is 17.4. The number of aliphatic carboxylic acids is 2. The molecule has 13 heteroatoms. The topological polar surface area (TPSA) is 137 Å². The Morgan fingerprint density at radius 1 is 0.673 bits per heavy atom. The van der Waals surface area contributed by atoms with Gasteiger partial charge in [0.2, 0.25) is 0 Å². The van der Waals surface area contributed by atoms with Crippen LogP contribution in [0.2, 0.25) is 10.0 Å². The van der Waals surface area contributed by atoms with E-state index in [9.17, 15) is 33.8 Å². The van der Waals surface area contributed by atoms with Crippen molar-refractivity contribution in [1.29, 1.82) is 0 Å². The summed E-state index contributed by atoms with van der Waals surface area (Å²) < 4.78 is 18.8. The molecule has 10 nitrogen and oxygen atoms in total. The summed E-state index contributed by atoms with van der Waals surface area (Å²) in [7, 11) is 1.37. The Balaban J connectivity index is 0.000000188. The largest absolute Gasteiger partial charge is 0.497 e. The number of carbonyl (C=O) groups is 4. The lowest BCUT2D eigenvalue weighted by Crippen LogP contribution is -2.42. The Morgan fingerprint density at radius 2 is 1.18 bits per heavy atom. The van der Waals surface area contributed by atoms with Crippen LogP contribution >= 0.6 is 23.2 Å². The number of aromatic nitrogens is 1. The molecule has 0 bridgehead atoms. The number of nitrogens with zero attached hydrogens (tertiary/aromatic N) is 3. The van der Waals surface area contributed by atoms with Crippen LogP contribution in [0.3, 0.4) is 0 Å². The van der Waals surface area contributed by atoms with E-state index in [0.29, 0.717) is 46.9 Å². The van der Waals surface area contributed by atoms with Gasteiger partial charge in [0.1, 0.15) is 23.7 Å². The number of carboxylic acid groups (broad SMARTS) is 2. The molecule has 0 saturated carbocycles. The van der Waals surface area contributed by atoms with E-state index in [2.05, 4.69) is 4.98 Å². The Kier molecular flexibility index (Phi) is 12.1. The highest BCUT2D eigenvalue weighted by Crippen LogP contribution is 2.41. The predicted molar refractivity (Wildman–Crippen MR) is 205 cm³/mol. The van der Waals surface area contributed by atoms with Gasteiger partial charge in [0.25, 0.3) is 11.8 Å². The molecule has 0 unspecified atom stereocenters. The van der Waals surface area contributed by atoms with E-state index >= 15 is 0 Å². The summed E-state index contributed by atoms with van der Waals surface area (Å²) in [5, 5.41) is 20.2. The fourth-order valence-corrected chi connectivity index (χ4v) is 7.70. The number of rotatable bonds is 8. The lowest BCUT2D eigenvalue weighted by atomic mass is 10.0. The summed E-state index contributed by atoms with van der Waals surface area (Å²) in [6.07, 6.45) is 3.18. The van der Waals surface area contributed by atoms with Crippen molar-refractivity contribution in [2.75, 3.05) is 7.11 Å². The standard InChI is InChI=1S/C23H19ClN2O3.C19H17ClFNO4/c24-18-9-5-4-8-17(18)20-12-13-21(23(28)29)26(20)22(27)16-10-11-19(25-14-16)15-6-2-1-3-7-15;1-26-13-9-11(8-12(21)10-13)18(23)22-16(6-7-17(22)19(24)25)14-4-2-3-5-15(14)20/h1-11,14,20-21H,12-13H2,(H,28,29);2-5,8-10,16-17H,6-7H2,1H3,(H,24,25)/t20-,21+;16-,17+/m11/s1. The van der Waals surface area contributed by atoms with Crippen LogP contribution < -0.4 is 4.74 Å². The number of hydrogen-bond acceptors (Lipinski definition) is 6. The van der Waals surface area contributed by atoms with Crippen LogP contribution in [0.25, 0.3) is 11.3 Å². The van der Waals surface area contributed by atoms with Gasteiger partial charge >= 0.3 is 11.9 Å². The molecule has 2 N–H and O–H groups in total. The van der Waals surface area contributed by atoms with Crippen LogP contribution in [-0.2, 0) is 9.59 Å². The van der Waals surface area contributed by atoms with Crippen molar-refractivity contribution in [3.8, 4) is 17.0 Å². The molecule has 55 heavy (non-hydrogen) atoms. The molecule has 0 aliphatic carbocycles. The van der Waals surface area contributed by atoms with E-state index in [-0.39, 0.29) is 23.3 Å². The molecule has 4 atom stereocenters. The zero-order valence-corrected chi connectivity index (χ0v) is 31.0. The second-order valence-corrected chi connectivity index (χ2v) is 13.9. The van der Waals surface area contributed by atoms with E-state index < -0.39 is 41.8 Å². The highest BCUT2D eigenvalue weighted by molar-refractivity contribution is 6.31. The molecular weight excluding hydrogens is 748 g/mol. The first kappa shape index (κ1) is 38.9. The lowest BCUT2D eigenvalue weighted by molar-refractivity contribution is -0.142. The molecule has 4 aromatic carbocycles. The number of likely N-dealkylation sites (tertiary alicyclic amines) is 2. The summed E-state index contributed by atoms with van der Waals surface area (Å²) >= 11 is 12.6. The smallest absolute Gasteiger partial charge is 0.326 e. The third-order valence-electron chi connectivity index (χ3n) is 9.77. The SMILES string of the molecule is COc1cc(F)cc(C(=O)N2[C@@H](c3ccccc3Cl)CC[C@H]2C(=O)O)c1.O=C(O)[C@@H]1CC[C@H](c2ccccc2Cl)N1C(=O)c1ccc(-c2ccccc2)nc1. The number of pyridine rings is 1. The molecule has 3 heterocycles. The monoisotopic (exact) mass is 783 g/mol. The number of amides is 2. The highest BCUT2D eigenvalue weighted by Gasteiger charge is 2.44. The van der Waals surface area contributed by atoms with Gasteiger partial charge in [-0.2, -0.15) is 0 Å². The Bertz CT molecular complexity index is 2210. The number of ether oxygens (including phenoxy) is 1. The normalized spacial score (nSPS) is 19.0. The minimum atomic E-state index is -1.10. The molecule has 2 amide bonds. The van der Waals surface area contributed by atoms with Gasteiger partial charge in [0.15, 0.2) is 0 Å². The first-order valence-corrected chi connectivity index (χ1v) is 18.2. The number of halogens is 3. The number of carbonyl (C=O) groups excluding carboxylic acids is 2. The molecule has 0 spiro atoms. The second-order valence-electron chi connectivity index (χ2n) is 13.0. The number of benzene rings is 4. The van der Waals surface area contributed by atoms with Crippen molar-refractivity contribution in [2.24, 2.45) is 0 Å². The maximum atomic E-state index is 13.8. The minimum absolute atomic E-state index is 0.0343. The fourth-order valence-electron chi connectivity index (χ4n) is 7.18. The van der Waals surface area contributed by atoms with Crippen molar-refractivity contribution in [2.45, 2.75) is 49.9 Å². The molecule has 7 rings (SSSR count). The molecular formula is C42H36Cl2FN3O7. The molecule has 0 radical (unpaired) electrons. The van der Waals surface area contributed by atoms with E-state index in [4.69, 9.17) is 27.9 Å². The van der Waals surface area contributed by atoms with Gasteiger partial charge < -0.3 is 24.7 Å². The fraction of sp³-hybridized carbons (Fsp3) is 0.214. The Morgan fingerprint density at radius 3 is 1.65 bits per heavy atom. The maximum absolute atomic E-state index is 13.8. The van der Waals surface area contributed by atoms with Crippen molar-refractivity contribution in [1.82, 2.24) is 14.8 Å². The number of hydrogen-bond donors (Lipinski definition) is 2. The van der Waals surface area contributed by atoms with Gasteiger partial charge in [0, 0.05) is 33.4 Å². The van der Waals surface area contributed by atoms with Crippen LogP contribution in [0, 0.1) is 5.82 Å². The zero-order chi connectivity index (χ0) is 39.2. The highest BCUT2D eigenvalue weighted by atomic mass is 35.5. The van der Waals surface area contributed by atoms with Crippen LogP contribution in [0.15, 0.2) is 115 Å². The first-order chi connectivity index (χ1) is 26.5. The summed E-state index contributed by atoms with van der Waals surface area (Å²) in [5.74, 6) is -3.48. The van der Waals surface area contributed by atoms with Gasteiger partial charge in [-0.05, 0) is 73.2 Å². The molecule has 2 aliphatic heterocycles. The predicted octanol–water partition coefficient (Wildman–Crippen LogP) is 8.75. The average molecular weight is 785 g/mol. The second kappa shape index (κ2) is 17.1. The van der Waals surface area contributed by atoms with Gasteiger partial charge in [-0.3, -0.25) is 14.6 Å². The summed E-state index contributed by atoms with van der Waals surface area (Å²) in [6.45, 7) is 0. The maximum Gasteiger partial charge on any atom is 0.326 e. The van der Waals surface area contributed by atoms with Gasteiger partial charge in [-0.25, -0.2) is 14.0 Å². The van der Waals surface area contributed by atoms with E-state index in [1.807, 2.05) is 48.5 Å². The average Bonchev–Trinajstić information content (AvgIpc) is 3.84. The van der Waals surface area contributed by atoms with Crippen LogP contribution in [0.5, 0.6) is 5.75 Å². The van der Waals surface area contributed by atoms with Crippen molar-refractivity contribution < 1.29 is 38.5 Å². The summed E-state index contributed by atoms with van der Waals surface area (Å²) in [4.78, 5) is 57.0. The summed E-state index contributed by atoms with van der Waals surface area (Å²) in [5.41, 5.74) is 3.53. The number of methoxy groups -OCH3 is 1. The zero-order valence-electron chi connectivity index (χ0n) is 29.5. The third kappa shape index (κ3) is 8.48. The molecule has 2 aliphatic rings. The number of carboxylic acids is 2. The molecule has 1 aromatic heterocycles. The Labute approximate surface area is 326 Å². The van der Waals surface area contributed by atoms with Crippen molar-refractivity contribution >= 4 is 47.0 Å². The molecule has 282 valence electrons. The minimum Gasteiger partial charge on any atom is -0.497 e. The van der Waals surface area contributed by atoms with Gasteiger partial charge in [-0.15, -0.1) is 0 Å². The van der Waals surface area contributed by atoms with Crippen molar-refractivity contribution in [3.63, 3.8) is 0 Å². The van der Waals surface area contributed by atoms with Gasteiger partial charge in [0.05, 0.1) is 30.5 Å². The molecule has 2 saturated heterocycles.